The molecule has 0 saturated carbocycles. The first-order valence-electron chi connectivity index (χ1n) is 5.04. The number of anilines is 1. The van der Waals surface area contributed by atoms with Gasteiger partial charge in [0.2, 0.25) is 5.95 Å². The summed E-state index contributed by atoms with van der Waals surface area (Å²) in [5.41, 5.74) is 1.18. The molecule has 0 atom stereocenters. The van der Waals surface area contributed by atoms with Crippen LogP contribution in [0.15, 0.2) is 36.4 Å². The van der Waals surface area contributed by atoms with Crippen molar-refractivity contribution in [2.75, 3.05) is 11.9 Å². The Hall–Kier alpha value is -2.17. The summed E-state index contributed by atoms with van der Waals surface area (Å²) in [6, 6.07) is 10.1. The van der Waals surface area contributed by atoms with Gasteiger partial charge in [0.15, 0.2) is 0 Å². The van der Waals surface area contributed by atoms with Crippen LogP contribution >= 0.6 is 0 Å². The Bertz CT molecular complexity index is 460. The maximum atomic E-state index is 3.82. The summed E-state index contributed by atoms with van der Waals surface area (Å²) >= 11 is 0. The predicted octanol–water partition coefficient (Wildman–Crippen LogP) is 1.34. The van der Waals surface area contributed by atoms with E-state index in [0.29, 0.717) is 12.5 Å². The summed E-state index contributed by atoms with van der Waals surface area (Å²) in [6.45, 7) is 0.698. The van der Waals surface area contributed by atoms with Crippen molar-refractivity contribution in [3.63, 3.8) is 0 Å². The zero-order valence-electron chi connectivity index (χ0n) is 9.04. The van der Waals surface area contributed by atoms with E-state index in [1.165, 1.54) is 5.56 Å². The zero-order valence-corrected chi connectivity index (χ0v) is 9.04. The van der Waals surface area contributed by atoms with E-state index in [9.17, 15) is 0 Å². The molecule has 2 aromatic rings. The lowest BCUT2D eigenvalue weighted by Gasteiger charge is -1.98. The Morgan fingerprint density at radius 3 is 2.81 bits per heavy atom. The Kier molecular flexibility index (Phi) is 3.28. The molecule has 0 aliphatic rings. The molecule has 1 aromatic carbocycles. The Labute approximate surface area is 93.8 Å². The van der Waals surface area contributed by atoms with E-state index >= 15 is 0 Å². The van der Waals surface area contributed by atoms with Crippen molar-refractivity contribution in [3.05, 3.63) is 42.0 Å². The molecular weight excluding hydrogens is 202 g/mol. The molecule has 5 nitrogen and oxygen atoms in total. The van der Waals surface area contributed by atoms with Gasteiger partial charge in [-0.05, 0) is 16.0 Å². The van der Waals surface area contributed by atoms with Crippen molar-refractivity contribution in [2.45, 2.75) is 0 Å². The van der Waals surface area contributed by atoms with Crippen LogP contribution in [0.1, 0.15) is 5.56 Å². The molecule has 0 saturated heterocycles. The SMILES string of the molecule is Cn1nnnc1NC/C=C/c1ccccc1. The van der Waals surface area contributed by atoms with Crippen LogP contribution in [0.4, 0.5) is 5.95 Å². The molecule has 82 valence electrons. The highest BCUT2D eigenvalue weighted by Crippen LogP contribution is 2.01. The number of aryl methyl sites for hydroxylation is 1. The average molecular weight is 215 g/mol. The standard InChI is InChI=1S/C11H13N5/c1-16-11(13-14-15-16)12-9-5-8-10-6-3-2-4-7-10/h2-8H,9H2,1H3,(H,12,13,15)/b8-5+. The highest BCUT2D eigenvalue weighted by molar-refractivity contribution is 5.49. The summed E-state index contributed by atoms with van der Waals surface area (Å²) in [7, 11) is 1.79. The number of benzene rings is 1. The highest BCUT2D eigenvalue weighted by Gasteiger charge is 1.96. The largest absolute Gasteiger partial charge is 0.350 e. The first-order valence-corrected chi connectivity index (χ1v) is 5.04. The molecule has 0 fully saturated rings. The van der Waals surface area contributed by atoms with Crippen LogP contribution in [0.25, 0.3) is 6.08 Å². The average Bonchev–Trinajstić information content (AvgIpc) is 2.72. The van der Waals surface area contributed by atoms with Gasteiger partial charge >= 0.3 is 0 Å². The van der Waals surface area contributed by atoms with Crippen LogP contribution in [-0.4, -0.2) is 26.8 Å². The van der Waals surface area contributed by atoms with E-state index in [1.807, 2.05) is 24.3 Å². The molecule has 16 heavy (non-hydrogen) atoms. The second kappa shape index (κ2) is 5.06. The molecule has 1 N–H and O–H groups in total. The number of rotatable bonds is 4. The lowest BCUT2D eigenvalue weighted by Crippen LogP contribution is -2.05. The third-order valence-electron chi connectivity index (χ3n) is 2.11. The van der Waals surface area contributed by atoms with Crippen molar-refractivity contribution in [2.24, 2.45) is 7.05 Å². The fourth-order valence-electron chi connectivity index (χ4n) is 1.29. The second-order valence-corrected chi connectivity index (χ2v) is 3.32. The minimum absolute atomic E-state index is 0.665. The van der Waals surface area contributed by atoms with Gasteiger partial charge in [-0.3, -0.25) is 0 Å². The summed E-state index contributed by atoms with van der Waals surface area (Å²) in [5.74, 6) is 0.665. The molecule has 0 aliphatic carbocycles. The van der Waals surface area contributed by atoms with Crippen molar-refractivity contribution in [3.8, 4) is 0 Å². The number of tetrazole rings is 1. The Morgan fingerprint density at radius 2 is 2.12 bits per heavy atom. The number of nitrogens with zero attached hydrogens (tertiary/aromatic N) is 4. The van der Waals surface area contributed by atoms with Crippen molar-refractivity contribution in [1.29, 1.82) is 0 Å². The molecule has 5 heteroatoms. The van der Waals surface area contributed by atoms with Crippen molar-refractivity contribution >= 4 is 12.0 Å². The van der Waals surface area contributed by atoms with Crippen molar-refractivity contribution < 1.29 is 0 Å². The first kappa shape index (κ1) is 10.4. The van der Waals surface area contributed by atoms with E-state index < -0.39 is 0 Å². The maximum Gasteiger partial charge on any atom is 0.242 e. The van der Waals surface area contributed by atoms with Gasteiger partial charge < -0.3 is 5.32 Å². The number of hydrogen-bond donors (Lipinski definition) is 1. The van der Waals surface area contributed by atoms with E-state index in [4.69, 9.17) is 0 Å². The molecule has 0 unspecified atom stereocenters. The normalized spacial score (nSPS) is 10.8. The predicted molar refractivity (Wildman–Crippen MR) is 62.8 cm³/mol. The van der Waals surface area contributed by atoms with Gasteiger partial charge in [-0.25, -0.2) is 4.68 Å². The number of aromatic nitrogens is 4. The van der Waals surface area contributed by atoms with E-state index in [2.05, 4.69) is 39.1 Å². The summed E-state index contributed by atoms with van der Waals surface area (Å²) in [5, 5.41) is 14.2. The topological polar surface area (TPSA) is 55.6 Å². The molecule has 1 heterocycles. The molecule has 0 spiro atoms. The lowest BCUT2D eigenvalue weighted by atomic mass is 10.2. The smallest absolute Gasteiger partial charge is 0.242 e. The van der Waals surface area contributed by atoms with Gasteiger partial charge in [-0.15, -0.1) is 0 Å². The van der Waals surface area contributed by atoms with Gasteiger partial charge in [0.25, 0.3) is 0 Å². The lowest BCUT2D eigenvalue weighted by molar-refractivity contribution is 0.713. The first-order chi connectivity index (χ1) is 7.86. The van der Waals surface area contributed by atoms with Gasteiger partial charge in [0, 0.05) is 13.6 Å². The molecule has 0 aliphatic heterocycles. The quantitative estimate of drug-likeness (QED) is 0.836. The van der Waals surface area contributed by atoms with Gasteiger partial charge in [-0.1, -0.05) is 47.6 Å². The Balaban J connectivity index is 1.85. The molecule has 1 aromatic heterocycles. The third-order valence-corrected chi connectivity index (χ3v) is 2.11. The van der Waals surface area contributed by atoms with Gasteiger partial charge in [0.1, 0.15) is 0 Å². The molecule has 0 amide bonds. The van der Waals surface area contributed by atoms with Gasteiger partial charge in [-0.2, -0.15) is 0 Å². The molecule has 2 rings (SSSR count). The number of nitrogens with one attached hydrogen (secondary N) is 1. The zero-order chi connectivity index (χ0) is 11.2. The molecule has 0 bridgehead atoms. The highest BCUT2D eigenvalue weighted by atomic mass is 15.6. The van der Waals surface area contributed by atoms with E-state index in [1.54, 1.807) is 11.7 Å². The minimum atomic E-state index is 0.665. The summed E-state index contributed by atoms with van der Waals surface area (Å²) in [6.07, 6.45) is 4.08. The van der Waals surface area contributed by atoms with Crippen LogP contribution in [-0.2, 0) is 7.05 Å². The molecule has 0 radical (unpaired) electrons. The minimum Gasteiger partial charge on any atom is -0.350 e. The monoisotopic (exact) mass is 215 g/mol. The third kappa shape index (κ3) is 2.66. The summed E-state index contributed by atoms with van der Waals surface area (Å²) in [4.78, 5) is 0. The van der Waals surface area contributed by atoms with Crippen molar-refractivity contribution in [1.82, 2.24) is 20.2 Å². The van der Waals surface area contributed by atoms with Crippen LogP contribution in [0.5, 0.6) is 0 Å². The molecular formula is C11H13N5. The van der Waals surface area contributed by atoms with Crippen LogP contribution in [0, 0.1) is 0 Å². The van der Waals surface area contributed by atoms with E-state index in [-0.39, 0.29) is 0 Å². The van der Waals surface area contributed by atoms with Crippen LogP contribution in [0.2, 0.25) is 0 Å². The van der Waals surface area contributed by atoms with Crippen LogP contribution < -0.4 is 5.32 Å². The van der Waals surface area contributed by atoms with Crippen LogP contribution in [0.3, 0.4) is 0 Å². The Morgan fingerprint density at radius 1 is 1.31 bits per heavy atom. The fourth-order valence-corrected chi connectivity index (χ4v) is 1.29. The maximum absolute atomic E-state index is 3.82. The number of hydrogen-bond acceptors (Lipinski definition) is 4. The van der Waals surface area contributed by atoms with Gasteiger partial charge in [0.05, 0.1) is 0 Å². The summed E-state index contributed by atoms with van der Waals surface area (Å²) < 4.78 is 1.59. The second-order valence-electron chi connectivity index (χ2n) is 3.32. The van der Waals surface area contributed by atoms with E-state index in [0.717, 1.165) is 0 Å². The fraction of sp³-hybridized carbons (Fsp3) is 0.182.